The Morgan fingerprint density at radius 3 is 2.75 bits per heavy atom. The van der Waals surface area contributed by atoms with E-state index in [1.165, 1.54) is 0 Å². The second-order valence-electron chi connectivity index (χ2n) is 2.22. The molecule has 0 unspecified atom stereocenters. The number of anilines is 1. The minimum Gasteiger partial charge on any atom is -0.398 e. The van der Waals surface area contributed by atoms with Gasteiger partial charge in [-0.05, 0) is 17.5 Å². The molecule has 0 aromatic heterocycles. The van der Waals surface area contributed by atoms with Crippen molar-refractivity contribution in [3.05, 3.63) is 48.4 Å². The van der Waals surface area contributed by atoms with E-state index in [0.717, 1.165) is 10.6 Å². The van der Waals surface area contributed by atoms with Gasteiger partial charge in [0.2, 0.25) is 0 Å². The summed E-state index contributed by atoms with van der Waals surface area (Å²) in [5.41, 5.74) is 6.54. The topological polar surface area (TPSA) is 26.0 Å². The summed E-state index contributed by atoms with van der Waals surface area (Å²) in [5, 5.41) is 1.96. The monoisotopic (exact) mass is 177 g/mol. The average Bonchev–Trinajstić information content (AvgIpc) is 2.09. The summed E-state index contributed by atoms with van der Waals surface area (Å²) in [6, 6.07) is 7.79. The number of hydrogen-bond donors (Lipinski definition) is 1. The lowest BCUT2D eigenvalue weighted by Crippen LogP contribution is -1.85. The molecular weight excluding hydrogens is 166 g/mol. The lowest BCUT2D eigenvalue weighted by molar-refractivity contribution is 1.47. The number of benzene rings is 1. The molecule has 1 aromatic rings. The molecule has 1 nitrogen and oxygen atoms in total. The zero-order chi connectivity index (χ0) is 8.81. The molecule has 0 amide bonds. The first kappa shape index (κ1) is 8.94. The van der Waals surface area contributed by atoms with Crippen molar-refractivity contribution in [3.8, 4) is 0 Å². The van der Waals surface area contributed by atoms with Crippen LogP contribution in [0.15, 0.2) is 53.3 Å². The summed E-state index contributed by atoms with van der Waals surface area (Å²) in [4.78, 5) is 1.08. The molecule has 1 rings (SSSR count). The van der Waals surface area contributed by atoms with Gasteiger partial charge in [0.05, 0.1) is 0 Å². The van der Waals surface area contributed by atoms with Crippen LogP contribution in [0.4, 0.5) is 5.69 Å². The molecule has 0 atom stereocenters. The summed E-state index contributed by atoms with van der Waals surface area (Å²) >= 11 is 1.59. The second-order valence-corrected chi connectivity index (χ2v) is 3.17. The minimum atomic E-state index is 0.816. The van der Waals surface area contributed by atoms with Crippen LogP contribution in [0.1, 0.15) is 0 Å². The number of thioether (sulfide) groups is 1. The van der Waals surface area contributed by atoms with E-state index in [9.17, 15) is 0 Å². The minimum absolute atomic E-state index is 0.816. The molecule has 0 saturated heterocycles. The van der Waals surface area contributed by atoms with Crippen LogP contribution in [0.2, 0.25) is 0 Å². The molecule has 62 valence electrons. The molecule has 0 spiro atoms. The molecular formula is C10H11NS. The molecule has 0 fully saturated rings. The Kier molecular flexibility index (Phi) is 3.48. The molecule has 0 radical (unpaired) electrons. The number of hydrogen-bond acceptors (Lipinski definition) is 2. The maximum Gasteiger partial charge on any atom is 0.0455 e. The van der Waals surface area contributed by atoms with Gasteiger partial charge in [-0.15, -0.1) is 0 Å². The van der Waals surface area contributed by atoms with E-state index in [-0.39, 0.29) is 0 Å². The molecule has 12 heavy (non-hydrogen) atoms. The molecule has 1 aromatic carbocycles. The second kappa shape index (κ2) is 4.67. The molecule has 0 saturated carbocycles. The van der Waals surface area contributed by atoms with E-state index in [0.29, 0.717) is 0 Å². The zero-order valence-corrected chi connectivity index (χ0v) is 7.55. The van der Waals surface area contributed by atoms with Gasteiger partial charge < -0.3 is 5.73 Å². The van der Waals surface area contributed by atoms with Crippen LogP contribution >= 0.6 is 11.8 Å². The Morgan fingerprint density at radius 1 is 1.33 bits per heavy atom. The highest BCUT2D eigenvalue weighted by molar-refractivity contribution is 8.02. The van der Waals surface area contributed by atoms with Crippen molar-refractivity contribution < 1.29 is 0 Å². The SMILES string of the molecule is C=C/C=C/Sc1ccccc1N. The van der Waals surface area contributed by atoms with Crippen LogP contribution < -0.4 is 5.73 Å². The van der Waals surface area contributed by atoms with Crippen molar-refractivity contribution in [3.63, 3.8) is 0 Å². The van der Waals surface area contributed by atoms with E-state index in [2.05, 4.69) is 6.58 Å². The normalized spacial score (nSPS) is 10.3. The highest BCUT2D eigenvalue weighted by atomic mass is 32.2. The van der Waals surface area contributed by atoms with Gasteiger partial charge in [0.15, 0.2) is 0 Å². The summed E-state index contributed by atoms with van der Waals surface area (Å²) < 4.78 is 0. The average molecular weight is 177 g/mol. The van der Waals surface area contributed by atoms with Crippen LogP contribution in [0.3, 0.4) is 0 Å². The fourth-order valence-electron chi connectivity index (χ4n) is 0.756. The lowest BCUT2D eigenvalue weighted by Gasteiger charge is -1.99. The lowest BCUT2D eigenvalue weighted by atomic mass is 10.3. The fraction of sp³-hybridized carbons (Fsp3) is 0. The number of rotatable bonds is 3. The van der Waals surface area contributed by atoms with Gasteiger partial charge >= 0.3 is 0 Å². The van der Waals surface area contributed by atoms with Gasteiger partial charge in [0, 0.05) is 10.6 Å². The summed E-state index contributed by atoms with van der Waals surface area (Å²) in [5.74, 6) is 0. The molecule has 0 bridgehead atoms. The molecule has 0 heterocycles. The Hall–Kier alpha value is -1.15. The van der Waals surface area contributed by atoms with Gasteiger partial charge in [-0.3, -0.25) is 0 Å². The quantitative estimate of drug-likeness (QED) is 0.436. The van der Waals surface area contributed by atoms with Gasteiger partial charge in [0.1, 0.15) is 0 Å². The Labute approximate surface area is 77.0 Å². The zero-order valence-electron chi connectivity index (χ0n) is 6.73. The number of allylic oxidation sites excluding steroid dienone is 2. The number of nitrogen functional groups attached to an aromatic ring is 1. The fourth-order valence-corrected chi connectivity index (χ4v) is 1.45. The Balaban J connectivity index is 2.69. The van der Waals surface area contributed by atoms with Crippen LogP contribution in [-0.4, -0.2) is 0 Å². The largest absolute Gasteiger partial charge is 0.398 e. The van der Waals surface area contributed by atoms with Crippen molar-refractivity contribution in [2.45, 2.75) is 4.90 Å². The van der Waals surface area contributed by atoms with Crippen LogP contribution in [0.5, 0.6) is 0 Å². The first-order chi connectivity index (χ1) is 5.84. The van der Waals surface area contributed by atoms with Crippen molar-refractivity contribution in [1.29, 1.82) is 0 Å². The first-order valence-electron chi connectivity index (χ1n) is 3.63. The van der Waals surface area contributed by atoms with Crippen molar-refractivity contribution in [1.82, 2.24) is 0 Å². The van der Waals surface area contributed by atoms with E-state index < -0.39 is 0 Å². The molecule has 2 N–H and O–H groups in total. The highest BCUT2D eigenvalue weighted by Gasteiger charge is 1.93. The van der Waals surface area contributed by atoms with E-state index in [4.69, 9.17) is 5.73 Å². The van der Waals surface area contributed by atoms with Gasteiger partial charge in [-0.1, -0.05) is 42.6 Å². The first-order valence-corrected chi connectivity index (χ1v) is 4.51. The third-order valence-corrected chi connectivity index (χ3v) is 2.25. The highest BCUT2D eigenvalue weighted by Crippen LogP contribution is 2.24. The molecule has 2 heteroatoms. The van der Waals surface area contributed by atoms with Crippen molar-refractivity contribution in [2.24, 2.45) is 0 Å². The summed E-state index contributed by atoms with van der Waals surface area (Å²) in [6.07, 6.45) is 3.63. The molecule has 0 aliphatic carbocycles. The maximum atomic E-state index is 5.72. The maximum absolute atomic E-state index is 5.72. The smallest absolute Gasteiger partial charge is 0.0455 e. The van der Waals surface area contributed by atoms with Crippen LogP contribution in [0.25, 0.3) is 0 Å². The molecule has 0 aliphatic heterocycles. The van der Waals surface area contributed by atoms with E-state index >= 15 is 0 Å². The summed E-state index contributed by atoms with van der Waals surface area (Å²) in [6.45, 7) is 3.58. The molecule has 0 aliphatic rings. The number of para-hydroxylation sites is 1. The van der Waals surface area contributed by atoms with Gasteiger partial charge in [0.25, 0.3) is 0 Å². The van der Waals surface area contributed by atoms with Crippen molar-refractivity contribution >= 4 is 17.4 Å². The number of nitrogens with two attached hydrogens (primary N) is 1. The van der Waals surface area contributed by atoms with Crippen LogP contribution in [0, 0.1) is 0 Å². The van der Waals surface area contributed by atoms with Crippen molar-refractivity contribution in [2.75, 3.05) is 5.73 Å². The standard InChI is InChI=1S/C10H11NS/c1-2-3-8-12-10-7-5-4-6-9(10)11/h2-8H,1,11H2/b8-3+. The van der Waals surface area contributed by atoms with E-state index in [1.807, 2.05) is 35.7 Å². The predicted molar refractivity (Wildman–Crippen MR) is 56.0 cm³/mol. The van der Waals surface area contributed by atoms with Gasteiger partial charge in [-0.25, -0.2) is 0 Å². The van der Waals surface area contributed by atoms with Gasteiger partial charge in [-0.2, -0.15) is 0 Å². The van der Waals surface area contributed by atoms with E-state index in [1.54, 1.807) is 17.8 Å². The third-order valence-electron chi connectivity index (χ3n) is 1.33. The third kappa shape index (κ3) is 2.47. The Morgan fingerprint density at radius 2 is 2.08 bits per heavy atom. The summed E-state index contributed by atoms with van der Waals surface area (Å²) in [7, 11) is 0. The van der Waals surface area contributed by atoms with Crippen LogP contribution in [-0.2, 0) is 0 Å². The Bertz CT molecular complexity index is 292. The predicted octanol–water partition coefficient (Wildman–Crippen LogP) is 3.06.